The second kappa shape index (κ2) is 3.10. The van der Waals surface area contributed by atoms with Crippen molar-refractivity contribution in [1.82, 2.24) is 0 Å². The van der Waals surface area contributed by atoms with E-state index >= 15 is 0 Å². The van der Waals surface area contributed by atoms with Crippen LogP contribution in [-0.4, -0.2) is 45.5 Å². The molecule has 2 N–H and O–H groups in total. The van der Waals surface area contributed by atoms with Gasteiger partial charge in [0.15, 0.2) is 5.79 Å². The summed E-state index contributed by atoms with van der Waals surface area (Å²) >= 11 is 1.30. The van der Waals surface area contributed by atoms with Crippen molar-refractivity contribution in [3.8, 4) is 0 Å². The summed E-state index contributed by atoms with van der Waals surface area (Å²) in [6.45, 7) is 3.63. The predicted molar refractivity (Wildman–Crippen MR) is 48.3 cm³/mol. The third-order valence-corrected chi connectivity index (χ3v) is 3.42. The van der Waals surface area contributed by atoms with Crippen LogP contribution < -0.4 is 0 Å². The van der Waals surface area contributed by atoms with Crippen LogP contribution >= 0.6 is 11.8 Å². The van der Waals surface area contributed by atoms with Crippen molar-refractivity contribution in [3.05, 3.63) is 0 Å². The van der Waals surface area contributed by atoms with Crippen molar-refractivity contribution < 1.29 is 19.7 Å². The highest BCUT2D eigenvalue weighted by Gasteiger charge is 2.49. The van der Waals surface area contributed by atoms with E-state index in [9.17, 15) is 10.2 Å². The summed E-state index contributed by atoms with van der Waals surface area (Å²) in [5.41, 5.74) is -0.751. The fraction of sp³-hybridized carbons (Fsp3) is 1.00. The van der Waals surface area contributed by atoms with Crippen LogP contribution in [0.2, 0.25) is 0 Å². The second-order valence-corrected chi connectivity index (χ2v) is 5.00. The molecule has 2 aliphatic rings. The number of aliphatic hydroxyl groups excluding tert-OH is 2. The molecule has 0 aromatic carbocycles. The third-order valence-electron chi connectivity index (χ3n) is 2.28. The Kier molecular flexibility index (Phi) is 2.32. The number of hydrogen-bond acceptors (Lipinski definition) is 5. The predicted octanol–water partition coefficient (Wildman–Crippen LogP) is -0.0674. The van der Waals surface area contributed by atoms with Crippen molar-refractivity contribution in [2.45, 2.75) is 43.4 Å². The molecule has 0 saturated carbocycles. The van der Waals surface area contributed by atoms with E-state index in [4.69, 9.17) is 9.47 Å². The lowest BCUT2D eigenvalue weighted by Crippen LogP contribution is -2.47. The maximum absolute atomic E-state index is 9.60. The molecule has 0 bridgehead atoms. The van der Waals surface area contributed by atoms with Crippen LogP contribution in [0.15, 0.2) is 0 Å². The Morgan fingerprint density at radius 1 is 1.31 bits per heavy atom. The first-order chi connectivity index (χ1) is 5.99. The van der Waals surface area contributed by atoms with Crippen molar-refractivity contribution >= 4 is 11.8 Å². The average molecular weight is 206 g/mol. The summed E-state index contributed by atoms with van der Waals surface area (Å²) < 4.78 is 11.0. The summed E-state index contributed by atoms with van der Waals surface area (Å²) in [5, 5.41) is 19.0. The van der Waals surface area contributed by atoms with E-state index in [2.05, 4.69) is 0 Å². The fourth-order valence-electron chi connectivity index (χ4n) is 1.74. The zero-order chi connectivity index (χ0) is 9.64. The van der Waals surface area contributed by atoms with Gasteiger partial charge in [-0.05, 0) is 13.8 Å². The van der Waals surface area contributed by atoms with E-state index in [-0.39, 0.29) is 12.2 Å². The van der Waals surface area contributed by atoms with Gasteiger partial charge in [-0.25, -0.2) is 0 Å². The van der Waals surface area contributed by atoms with Crippen molar-refractivity contribution in [2.24, 2.45) is 0 Å². The number of fused-ring (bicyclic) bond motifs is 1. The van der Waals surface area contributed by atoms with E-state index in [0.29, 0.717) is 5.75 Å². The molecule has 2 fully saturated rings. The molecule has 2 saturated heterocycles. The Morgan fingerprint density at radius 3 is 2.69 bits per heavy atom. The molecular weight excluding hydrogens is 192 g/mol. The van der Waals surface area contributed by atoms with Crippen LogP contribution in [0.1, 0.15) is 13.8 Å². The number of hydrogen-bond donors (Lipinski definition) is 2. The highest BCUT2D eigenvalue weighted by Crippen LogP contribution is 2.37. The van der Waals surface area contributed by atoms with Gasteiger partial charge in [0, 0.05) is 5.75 Å². The largest absolute Gasteiger partial charge is 0.387 e. The Labute approximate surface area is 81.2 Å². The van der Waals surface area contributed by atoms with Crippen LogP contribution in [0, 0.1) is 0 Å². The molecule has 0 aliphatic carbocycles. The second-order valence-electron chi connectivity index (χ2n) is 3.85. The van der Waals surface area contributed by atoms with E-state index in [1.165, 1.54) is 11.8 Å². The van der Waals surface area contributed by atoms with Gasteiger partial charge in [0.1, 0.15) is 17.6 Å². The first-order valence-electron chi connectivity index (χ1n) is 4.33. The molecular formula is C8H14O4S. The Hall–Kier alpha value is 0.190. The van der Waals surface area contributed by atoms with Gasteiger partial charge in [-0.15, -0.1) is 11.8 Å². The standard InChI is InChI=1S/C8H14O4S/c1-8(2)11-4-3-13-7(10)5(9)6(4)12-8/h4-7,9-10H,3H2,1-2H3/t4-,5-,6+,7-/m1/s1. The smallest absolute Gasteiger partial charge is 0.163 e. The topological polar surface area (TPSA) is 58.9 Å². The third kappa shape index (κ3) is 1.71. The minimum atomic E-state index is -0.842. The fourth-order valence-corrected chi connectivity index (χ4v) is 2.73. The molecule has 4 atom stereocenters. The lowest BCUT2D eigenvalue weighted by atomic mass is 10.1. The van der Waals surface area contributed by atoms with Crippen LogP contribution in [0.25, 0.3) is 0 Å². The molecule has 0 spiro atoms. The van der Waals surface area contributed by atoms with Crippen molar-refractivity contribution in [3.63, 3.8) is 0 Å². The van der Waals surface area contributed by atoms with Gasteiger partial charge < -0.3 is 19.7 Å². The summed E-state index contributed by atoms with van der Waals surface area (Å²) in [5.74, 6) is 0.0350. The molecule has 0 aromatic heterocycles. The normalized spacial score (nSPS) is 48.9. The maximum atomic E-state index is 9.60. The zero-order valence-electron chi connectivity index (χ0n) is 7.64. The minimum absolute atomic E-state index is 0.0987. The molecule has 76 valence electrons. The van der Waals surface area contributed by atoms with Gasteiger partial charge in [0.25, 0.3) is 0 Å². The number of thioether (sulfide) groups is 1. The Bertz CT molecular complexity index is 208. The number of ether oxygens (including phenoxy) is 2. The monoisotopic (exact) mass is 206 g/mol. The minimum Gasteiger partial charge on any atom is -0.387 e. The first-order valence-corrected chi connectivity index (χ1v) is 5.38. The highest BCUT2D eigenvalue weighted by atomic mass is 32.2. The van der Waals surface area contributed by atoms with Gasteiger partial charge >= 0.3 is 0 Å². The zero-order valence-corrected chi connectivity index (χ0v) is 8.45. The Balaban J connectivity index is 2.11. The molecule has 5 heteroatoms. The molecule has 2 aliphatic heterocycles. The van der Waals surface area contributed by atoms with E-state index in [1.54, 1.807) is 0 Å². The van der Waals surface area contributed by atoms with E-state index in [1.807, 2.05) is 13.8 Å². The SMILES string of the molecule is CC1(C)O[C@@H]2[C@@H](O)[C@H](O)SC[C@H]2O1. The highest BCUT2D eigenvalue weighted by molar-refractivity contribution is 7.99. The van der Waals surface area contributed by atoms with Crippen LogP contribution in [0.4, 0.5) is 0 Å². The lowest BCUT2D eigenvalue weighted by molar-refractivity contribution is -0.157. The summed E-state index contributed by atoms with van der Waals surface area (Å²) in [7, 11) is 0. The van der Waals surface area contributed by atoms with Gasteiger partial charge in [-0.2, -0.15) is 0 Å². The van der Waals surface area contributed by atoms with Crippen LogP contribution in [-0.2, 0) is 9.47 Å². The van der Waals surface area contributed by atoms with E-state index in [0.717, 1.165) is 0 Å². The van der Waals surface area contributed by atoms with Crippen LogP contribution in [0.5, 0.6) is 0 Å². The first kappa shape index (κ1) is 9.73. The molecule has 0 unspecified atom stereocenters. The molecule has 0 radical (unpaired) electrons. The van der Waals surface area contributed by atoms with Gasteiger partial charge in [-0.3, -0.25) is 0 Å². The average Bonchev–Trinajstić information content (AvgIpc) is 2.34. The molecule has 0 aromatic rings. The summed E-state index contributed by atoms with van der Waals surface area (Å²) in [6, 6.07) is 0. The molecule has 2 rings (SSSR count). The lowest BCUT2D eigenvalue weighted by Gasteiger charge is -2.30. The van der Waals surface area contributed by atoms with Crippen molar-refractivity contribution in [2.75, 3.05) is 5.75 Å². The van der Waals surface area contributed by atoms with Gasteiger partial charge in [-0.1, -0.05) is 0 Å². The molecule has 0 amide bonds. The van der Waals surface area contributed by atoms with Gasteiger partial charge in [0.05, 0.1) is 6.10 Å². The molecule has 4 nitrogen and oxygen atoms in total. The maximum Gasteiger partial charge on any atom is 0.163 e. The summed E-state index contributed by atoms with van der Waals surface area (Å²) in [4.78, 5) is 0. The number of rotatable bonds is 0. The molecule has 2 heterocycles. The summed E-state index contributed by atoms with van der Waals surface area (Å²) in [6.07, 6.45) is -1.32. The van der Waals surface area contributed by atoms with Crippen LogP contribution in [0.3, 0.4) is 0 Å². The molecule has 13 heavy (non-hydrogen) atoms. The quantitative estimate of drug-likeness (QED) is 0.581. The van der Waals surface area contributed by atoms with E-state index < -0.39 is 17.3 Å². The van der Waals surface area contributed by atoms with Crippen molar-refractivity contribution in [1.29, 1.82) is 0 Å². The number of aliphatic hydroxyl groups is 2. The van der Waals surface area contributed by atoms with Gasteiger partial charge in [0.2, 0.25) is 0 Å². The Morgan fingerprint density at radius 2 is 2.00 bits per heavy atom.